The second-order valence-electron chi connectivity index (χ2n) is 9.21. The van der Waals surface area contributed by atoms with Gasteiger partial charge in [0.15, 0.2) is 5.76 Å². The van der Waals surface area contributed by atoms with Gasteiger partial charge in [-0.1, -0.05) is 34.4 Å². The Hall–Kier alpha value is -2.20. The molecule has 0 amide bonds. The van der Waals surface area contributed by atoms with Crippen molar-refractivity contribution >= 4 is 44.8 Å². The van der Waals surface area contributed by atoms with Crippen LogP contribution in [0.5, 0.6) is 5.75 Å². The summed E-state index contributed by atoms with van der Waals surface area (Å²) in [7, 11) is 0. The minimum atomic E-state index is -0.574. The first-order valence-corrected chi connectivity index (χ1v) is 13.5. The standard InChI is InChI=1S/C26H28Cl2N4O3S/c1-16-12-31(14-21-11-24(30-35-21)18-3-5-22(27)23(28)9-18)7-8-32(16)13-19(33)15-34-20-4-6-26-25(10-20)29-17(2)36-26/h3-6,9-11,16,19,33H,7-8,12-15H2,1-2H3/t16-,19+/m0/s1. The van der Waals surface area contributed by atoms with Crippen molar-refractivity contribution in [2.75, 3.05) is 32.8 Å². The number of aryl methyl sites for hydroxylation is 1. The Labute approximate surface area is 224 Å². The molecule has 0 spiro atoms. The third-order valence-corrected chi connectivity index (χ3v) is 8.05. The van der Waals surface area contributed by atoms with E-state index in [0.717, 1.165) is 57.6 Å². The average Bonchev–Trinajstić information content (AvgIpc) is 3.46. The first-order chi connectivity index (χ1) is 17.3. The first-order valence-electron chi connectivity index (χ1n) is 11.9. The number of aromatic nitrogens is 2. The van der Waals surface area contributed by atoms with E-state index in [9.17, 15) is 5.11 Å². The minimum absolute atomic E-state index is 0.247. The number of fused-ring (bicyclic) bond motifs is 1. The maximum atomic E-state index is 10.6. The molecule has 4 aromatic rings. The number of thiazole rings is 1. The Kier molecular flexibility index (Phi) is 7.81. The Balaban J connectivity index is 1.10. The van der Waals surface area contributed by atoms with Crippen LogP contribution in [-0.2, 0) is 6.54 Å². The van der Waals surface area contributed by atoms with Crippen LogP contribution in [0.2, 0.25) is 10.0 Å². The number of benzene rings is 2. The summed E-state index contributed by atoms with van der Waals surface area (Å²) < 4.78 is 12.6. The summed E-state index contributed by atoms with van der Waals surface area (Å²) in [5, 5.41) is 16.8. The molecule has 0 saturated carbocycles. The second-order valence-corrected chi connectivity index (χ2v) is 11.3. The lowest BCUT2D eigenvalue weighted by molar-refractivity contribution is 0.0178. The quantitative estimate of drug-likeness (QED) is 0.312. The molecule has 190 valence electrons. The maximum absolute atomic E-state index is 10.6. The summed E-state index contributed by atoms with van der Waals surface area (Å²) in [4.78, 5) is 9.15. The Bertz CT molecular complexity index is 1340. The van der Waals surface area contributed by atoms with Crippen LogP contribution in [0.15, 0.2) is 47.0 Å². The summed E-state index contributed by atoms with van der Waals surface area (Å²) in [5.74, 6) is 1.54. The number of rotatable bonds is 8. The maximum Gasteiger partial charge on any atom is 0.151 e. The van der Waals surface area contributed by atoms with E-state index in [4.69, 9.17) is 32.5 Å². The largest absolute Gasteiger partial charge is 0.491 e. The van der Waals surface area contributed by atoms with Crippen molar-refractivity contribution in [1.29, 1.82) is 0 Å². The summed E-state index contributed by atoms with van der Waals surface area (Å²) >= 11 is 13.8. The fourth-order valence-electron chi connectivity index (χ4n) is 4.51. The summed E-state index contributed by atoms with van der Waals surface area (Å²) in [5.41, 5.74) is 2.54. The first kappa shape index (κ1) is 25.4. The van der Waals surface area contributed by atoms with Crippen molar-refractivity contribution in [2.24, 2.45) is 0 Å². The molecule has 36 heavy (non-hydrogen) atoms. The van der Waals surface area contributed by atoms with Gasteiger partial charge in [0.2, 0.25) is 0 Å². The van der Waals surface area contributed by atoms with Gasteiger partial charge in [-0.3, -0.25) is 9.80 Å². The molecule has 7 nitrogen and oxygen atoms in total. The second kappa shape index (κ2) is 11.0. The van der Waals surface area contributed by atoms with Gasteiger partial charge in [-0.05, 0) is 38.1 Å². The molecule has 10 heteroatoms. The van der Waals surface area contributed by atoms with Crippen LogP contribution in [0.4, 0.5) is 0 Å². The highest BCUT2D eigenvalue weighted by Crippen LogP contribution is 2.29. The van der Waals surface area contributed by atoms with Crippen LogP contribution >= 0.6 is 34.5 Å². The molecular formula is C26H28Cl2N4O3S. The topological polar surface area (TPSA) is 74.9 Å². The van der Waals surface area contributed by atoms with E-state index in [2.05, 4.69) is 26.9 Å². The molecule has 1 aliphatic rings. The number of halogens is 2. The lowest BCUT2D eigenvalue weighted by Crippen LogP contribution is -2.53. The zero-order valence-corrected chi connectivity index (χ0v) is 22.5. The lowest BCUT2D eigenvalue weighted by Gasteiger charge is -2.40. The highest BCUT2D eigenvalue weighted by atomic mass is 35.5. The van der Waals surface area contributed by atoms with Crippen LogP contribution in [0.3, 0.4) is 0 Å². The molecule has 2 aromatic carbocycles. The van der Waals surface area contributed by atoms with Crippen molar-refractivity contribution in [3.05, 3.63) is 63.3 Å². The zero-order valence-electron chi connectivity index (χ0n) is 20.2. The van der Waals surface area contributed by atoms with E-state index in [-0.39, 0.29) is 6.61 Å². The van der Waals surface area contributed by atoms with Crippen molar-refractivity contribution in [3.8, 4) is 17.0 Å². The van der Waals surface area contributed by atoms with Gasteiger partial charge in [0.25, 0.3) is 0 Å². The number of piperazine rings is 1. The van der Waals surface area contributed by atoms with Gasteiger partial charge < -0.3 is 14.4 Å². The van der Waals surface area contributed by atoms with E-state index in [0.29, 0.717) is 29.2 Å². The van der Waals surface area contributed by atoms with Gasteiger partial charge in [0.05, 0.1) is 31.8 Å². The summed E-state index contributed by atoms with van der Waals surface area (Å²) in [6, 6.07) is 13.6. The van der Waals surface area contributed by atoms with Crippen molar-refractivity contribution in [1.82, 2.24) is 19.9 Å². The number of β-amino-alcohol motifs (C(OH)–C–C–N with tert-alkyl or cyclic N) is 1. The molecule has 1 aliphatic heterocycles. The average molecular weight is 548 g/mol. The Morgan fingerprint density at radius 1 is 1.17 bits per heavy atom. The van der Waals surface area contributed by atoms with E-state index in [1.807, 2.05) is 37.3 Å². The summed E-state index contributed by atoms with van der Waals surface area (Å²) in [6.45, 7) is 8.27. The molecule has 1 saturated heterocycles. The predicted molar refractivity (Wildman–Crippen MR) is 144 cm³/mol. The molecule has 3 heterocycles. The Morgan fingerprint density at radius 3 is 2.83 bits per heavy atom. The van der Waals surface area contributed by atoms with E-state index >= 15 is 0 Å². The van der Waals surface area contributed by atoms with Crippen LogP contribution in [0, 0.1) is 6.92 Å². The van der Waals surface area contributed by atoms with Crippen LogP contribution < -0.4 is 4.74 Å². The third kappa shape index (κ3) is 6.02. The van der Waals surface area contributed by atoms with Gasteiger partial charge in [-0.2, -0.15) is 0 Å². The van der Waals surface area contributed by atoms with Crippen molar-refractivity contribution in [2.45, 2.75) is 32.5 Å². The number of ether oxygens (including phenoxy) is 1. The smallest absolute Gasteiger partial charge is 0.151 e. The van der Waals surface area contributed by atoms with Gasteiger partial charge in [0, 0.05) is 49.9 Å². The number of aliphatic hydroxyl groups is 1. The van der Waals surface area contributed by atoms with Gasteiger partial charge >= 0.3 is 0 Å². The monoisotopic (exact) mass is 546 g/mol. The molecule has 1 N–H and O–H groups in total. The molecule has 1 fully saturated rings. The normalized spacial score (nSPS) is 18.1. The molecule has 0 unspecified atom stereocenters. The van der Waals surface area contributed by atoms with Gasteiger partial charge in [0.1, 0.15) is 24.2 Å². The van der Waals surface area contributed by atoms with Gasteiger partial charge in [-0.25, -0.2) is 4.98 Å². The number of nitrogens with zero attached hydrogens (tertiary/aromatic N) is 4. The minimum Gasteiger partial charge on any atom is -0.491 e. The molecular weight excluding hydrogens is 519 g/mol. The molecule has 0 bridgehead atoms. The zero-order chi connectivity index (χ0) is 25.2. The van der Waals surface area contributed by atoms with E-state index in [1.165, 1.54) is 0 Å². The van der Waals surface area contributed by atoms with E-state index < -0.39 is 6.10 Å². The molecule has 2 aromatic heterocycles. The van der Waals surface area contributed by atoms with Crippen LogP contribution in [0.1, 0.15) is 17.7 Å². The molecule has 5 rings (SSSR count). The van der Waals surface area contributed by atoms with Crippen LogP contribution in [-0.4, -0.2) is 70.0 Å². The number of hydrogen-bond donors (Lipinski definition) is 1. The predicted octanol–water partition coefficient (Wildman–Crippen LogP) is 5.51. The fourth-order valence-corrected chi connectivity index (χ4v) is 5.62. The number of aliphatic hydroxyl groups excluding tert-OH is 1. The van der Waals surface area contributed by atoms with Crippen LogP contribution in [0.25, 0.3) is 21.5 Å². The SMILES string of the molecule is Cc1nc2cc(OC[C@H](O)CN3CCN(Cc4cc(-c5ccc(Cl)c(Cl)c5)no4)C[C@@H]3C)ccc2s1. The molecule has 0 aliphatic carbocycles. The van der Waals surface area contributed by atoms with Crippen molar-refractivity contribution in [3.63, 3.8) is 0 Å². The van der Waals surface area contributed by atoms with Gasteiger partial charge in [-0.15, -0.1) is 11.3 Å². The fraction of sp³-hybridized carbons (Fsp3) is 0.385. The highest BCUT2D eigenvalue weighted by Gasteiger charge is 2.26. The lowest BCUT2D eigenvalue weighted by atomic mass is 10.1. The highest BCUT2D eigenvalue weighted by molar-refractivity contribution is 7.18. The molecule has 0 radical (unpaired) electrons. The Morgan fingerprint density at radius 2 is 2.03 bits per heavy atom. The van der Waals surface area contributed by atoms with E-state index in [1.54, 1.807) is 23.5 Å². The third-order valence-electron chi connectivity index (χ3n) is 6.36. The molecule has 2 atom stereocenters. The summed E-state index contributed by atoms with van der Waals surface area (Å²) in [6.07, 6.45) is -0.574. The number of hydrogen-bond acceptors (Lipinski definition) is 8. The van der Waals surface area contributed by atoms with Crippen molar-refractivity contribution < 1.29 is 14.4 Å².